The van der Waals surface area contributed by atoms with Crippen LogP contribution in [-0.4, -0.2) is 13.2 Å². The number of para-hydroxylation sites is 1. The molecule has 1 aromatic rings. The summed E-state index contributed by atoms with van der Waals surface area (Å²) in [6, 6.07) is 7.06. The predicted molar refractivity (Wildman–Crippen MR) is 80.7 cm³/mol. The quantitative estimate of drug-likeness (QED) is 0.832. The topological polar surface area (TPSA) is 21.3 Å². The first-order valence-corrected chi connectivity index (χ1v) is 7.74. The minimum atomic E-state index is 0.424. The second-order valence-corrected chi connectivity index (χ2v) is 5.65. The Morgan fingerprint density at radius 1 is 1.32 bits per heavy atom. The lowest BCUT2D eigenvalue weighted by Crippen LogP contribution is -2.24. The van der Waals surface area contributed by atoms with Gasteiger partial charge in [-0.3, -0.25) is 0 Å². The third kappa shape index (κ3) is 3.50. The van der Waals surface area contributed by atoms with Gasteiger partial charge in [0.05, 0.1) is 6.61 Å². The summed E-state index contributed by atoms with van der Waals surface area (Å²) in [5.41, 5.74) is 2.75. The van der Waals surface area contributed by atoms with Gasteiger partial charge >= 0.3 is 0 Å². The summed E-state index contributed by atoms with van der Waals surface area (Å²) in [4.78, 5) is 0. The van der Waals surface area contributed by atoms with Crippen molar-refractivity contribution in [2.45, 2.75) is 52.5 Å². The predicted octanol–water partition coefficient (Wildman–Crippen LogP) is 4.10. The summed E-state index contributed by atoms with van der Waals surface area (Å²) in [6.07, 6.45) is 4.72. The molecule has 0 amide bonds. The Hall–Kier alpha value is -1.02. The van der Waals surface area contributed by atoms with Gasteiger partial charge < -0.3 is 10.1 Å². The molecule has 1 aromatic carbocycles. The van der Waals surface area contributed by atoms with Crippen molar-refractivity contribution < 1.29 is 4.74 Å². The average Bonchev–Trinajstić information content (AvgIpc) is 2.46. The molecule has 0 fully saturated rings. The summed E-state index contributed by atoms with van der Waals surface area (Å²) in [7, 11) is 0. The SMILES string of the molecule is CCNC(CC(C)CC)c1cccc2c1OCCC2. The Morgan fingerprint density at radius 3 is 2.89 bits per heavy atom. The molecular formula is C17H27NO. The van der Waals surface area contributed by atoms with E-state index in [0.717, 1.165) is 37.7 Å². The lowest BCUT2D eigenvalue weighted by molar-refractivity contribution is 0.278. The maximum Gasteiger partial charge on any atom is 0.127 e. The average molecular weight is 261 g/mol. The van der Waals surface area contributed by atoms with Crippen LogP contribution in [0.2, 0.25) is 0 Å². The van der Waals surface area contributed by atoms with E-state index in [1.807, 2.05) is 0 Å². The zero-order valence-corrected chi connectivity index (χ0v) is 12.5. The van der Waals surface area contributed by atoms with Crippen LogP contribution < -0.4 is 10.1 Å². The van der Waals surface area contributed by atoms with E-state index < -0.39 is 0 Å². The van der Waals surface area contributed by atoms with Crippen LogP contribution in [0.3, 0.4) is 0 Å². The van der Waals surface area contributed by atoms with Gasteiger partial charge in [-0.25, -0.2) is 0 Å². The third-order valence-corrected chi connectivity index (χ3v) is 4.12. The molecule has 1 aliphatic rings. The van der Waals surface area contributed by atoms with E-state index >= 15 is 0 Å². The van der Waals surface area contributed by atoms with E-state index in [1.165, 1.54) is 24.0 Å². The zero-order valence-electron chi connectivity index (χ0n) is 12.5. The third-order valence-electron chi connectivity index (χ3n) is 4.12. The highest BCUT2D eigenvalue weighted by Gasteiger charge is 2.21. The Kier molecular flexibility index (Phi) is 5.26. The molecule has 0 saturated carbocycles. The Morgan fingerprint density at radius 2 is 2.16 bits per heavy atom. The van der Waals surface area contributed by atoms with Crippen molar-refractivity contribution in [1.29, 1.82) is 0 Å². The number of hydrogen-bond acceptors (Lipinski definition) is 2. The second kappa shape index (κ2) is 6.95. The molecule has 0 radical (unpaired) electrons. The van der Waals surface area contributed by atoms with Crippen LogP contribution >= 0.6 is 0 Å². The Balaban J connectivity index is 2.25. The van der Waals surface area contributed by atoms with Crippen molar-refractivity contribution in [3.8, 4) is 5.75 Å². The molecule has 2 atom stereocenters. The van der Waals surface area contributed by atoms with Gasteiger partial charge in [-0.1, -0.05) is 45.4 Å². The van der Waals surface area contributed by atoms with Crippen LogP contribution in [0.5, 0.6) is 5.75 Å². The summed E-state index contributed by atoms with van der Waals surface area (Å²) < 4.78 is 5.96. The number of benzene rings is 1. The zero-order chi connectivity index (χ0) is 13.7. The largest absolute Gasteiger partial charge is 0.493 e. The molecule has 2 heteroatoms. The van der Waals surface area contributed by atoms with Crippen molar-refractivity contribution in [3.63, 3.8) is 0 Å². The lowest BCUT2D eigenvalue weighted by Gasteiger charge is -2.27. The first kappa shape index (κ1) is 14.4. The summed E-state index contributed by atoms with van der Waals surface area (Å²) in [6.45, 7) is 8.65. The highest BCUT2D eigenvalue weighted by atomic mass is 16.5. The van der Waals surface area contributed by atoms with E-state index in [-0.39, 0.29) is 0 Å². The van der Waals surface area contributed by atoms with E-state index in [0.29, 0.717) is 6.04 Å². The second-order valence-electron chi connectivity index (χ2n) is 5.65. The smallest absolute Gasteiger partial charge is 0.127 e. The molecule has 2 rings (SSSR count). The molecule has 2 nitrogen and oxygen atoms in total. The summed E-state index contributed by atoms with van der Waals surface area (Å²) in [5.74, 6) is 1.89. The summed E-state index contributed by atoms with van der Waals surface area (Å²) >= 11 is 0. The van der Waals surface area contributed by atoms with Crippen molar-refractivity contribution in [2.24, 2.45) is 5.92 Å². The van der Waals surface area contributed by atoms with Gasteiger partial charge in [0, 0.05) is 11.6 Å². The normalized spacial score (nSPS) is 17.4. The highest BCUT2D eigenvalue weighted by Crippen LogP contribution is 2.35. The monoisotopic (exact) mass is 261 g/mol. The molecule has 0 saturated heterocycles. The Bertz CT molecular complexity index is 402. The van der Waals surface area contributed by atoms with Crippen LogP contribution in [0.25, 0.3) is 0 Å². The number of hydrogen-bond donors (Lipinski definition) is 1. The van der Waals surface area contributed by atoms with Gasteiger partial charge in [-0.05, 0) is 37.3 Å². The van der Waals surface area contributed by atoms with Crippen LogP contribution in [0, 0.1) is 5.92 Å². The molecule has 106 valence electrons. The van der Waals surface area contributed by atoms with Crippen LogP contribution in [-0.2, 0) is 6.42 Å². The summed E-state index contributed by atoms with van der Waals surface area (Å²) in [5, 5.41) is 3.63. The van der Waals surface area contributed by atoms with Crippen LogP contribution in [0.1, 0.15) is 57.2 Å². The van der Waals surface area contributed by atoms with Crippen molar-refractivity contribution in [2.75, 3.05) is 13.2 Å². The first-order valence-electron chi connectivity index (χ1n) is 7.74. The molecule has 0 bridgehead atoms. The number of rotatable bonds is 6. The van der Waals surface area contributed by atoms with Gasteiger partial charge in [0.2, 0.25) is 0 Å². The van der Waals surface area contributed by atoms with Gasteiger partial charge in [-0.2, -0.15) is 0 Å². The molecule has 1 N–H and O–H groups in total. The molecule has 1 heterocycles. The minimum Gasteiger partial charge on any atom is -0.493 e. The lowest BCUT2D eigenvalue weighted by atomic mass is 9.91. The molecule has 2 unspecified atom stereocenters. The number of nitrogens with one attached hydrogen (secondary N) is 1. The van der Waals surface area contributed by atoms with Crippen LogP contribution in [0.4, 0.5) is 0 Å². The van der Waals surface area contributed by atoms with Crippen LogP contribution in [0.15, 0.2) is 18.2 Å². The van der Waals surface area contributed by atoms with Crippen molar-refractivity contribution in [1.82, 2.24) is 5.32 Å². The van der Waals surface area contributed by atoms with Crippen molar-refractivity contribution >= 4 is 0 Å². The standard InChI is InChI=1S/C17H27NO/c1-4-13(3)12-16(18-5-2)15-10-6-8-14-9-7-11-19-17(14)15/h6,8,10,13,16,18H,4-5,7,9,11-12H2,1-3H3. The molecular weight excluding hydrogens is 234 g/mol. The van der Waals surface area contributed by atoms with Gasteiger partial charge in [0.1, 0.15) is 5.75 Å². The minimum absolute atomic E-state index is 0.424. The van der Waals surface area contributed by atoms with E-state index in [9.17, 15) is 0 Å². The maximum atomic E-state index is 5.96. The van der Waals surface area contributed by atoms with Gasteiger partial charge in [0.25, 0.3) is 0 Å². The fraction of sp³-hybridized carbons (Fsp3) is 0.647. The molecule has 0 spiro atoms. The number of aryl methyl sites for hydroxylation is 1. The fourth-order valence-electron chi connectivity index (χ4n) is 2.82. The maximum absolute atomic E-state index is 5.96. The van der Waals surface area contributed by atoms with E-state index in [1.54, 1.807) is 0 Å². The number of ether oxygens (including phenoxy) is 1. The molecule has 19 heavy (non-hydrogen) atoms. The highest BCUT2D eigenvalue weighted by molar-refractivity contribution is 5.44. The molecule has 0 aromatic heterocycles. The molecule has 1 aliphatic heterocycles. The first-order chi connectivity index (χ1) is 9.26. The van der Waals surface area contributed by atoms with E-state index in [2.05, 4.69) is 44.3 Å². The van der Waals surface area contributed by atoms with E-state index in [4.69, 9.17) is 4.74 Å². The van der Waals surface area contributed by atoms with Gasteiger partial charge in [0.15, 0.2) is 0 Å². The fourth-order valence-corrected chi connectivity index (χ4v) is 2.82. The molecule has 0 aliphatic carbocycles. The number of fused-ring (bicyclic) bond motifs is 1. The van der Waals surface area contributed by atoms with Gasteiger partial charge in [-0.15, -0.1) is 0 Å². The van der Waals surface area contributed by atoms with Crippen molar-refractivity contribution in [3.05, 3.63) is 29.3 Å². The Labute approximate surface area is 117 Å².